The van der Waals surface area contributed by atoms with Gasteiger partial charge in [-0.15, -0.1) is 0 Å². The van der Waals surface area contributed by atoms with Crippen molar-refractivity contribution >= 4 is 12.3 Å². The van der Waals surface area contributed by atoms with Crippen molar-refractivity contribution in [2.75, 3.05) is 6.61 Å². The van der Waals surface area contributed by atoms with Crippen LogP contribution >= 0.6 is 0 Å². The first-order valence-corrected chi connectivity index (χ1v) is 2.91. The fourth-order valence-electron chi connectivity index (χ4n) is 0.380. The van der Waals surface area contributed by atoms with E-state index in [-0.39, 0.29) is 12.6 Å². The van der Waals surface area contributed by atoms with Crippen LogP contribution in [0.4, 0.5) is 0 Å². The predicted octanol–water partition coefficient (Wildman–Crippen LogP) is 0.695. The molecule has 56 valence electrons. The summed E-state index contributed by atoms with van der Waals surface area (Å²) in [6.07, 6.45) is 2.03. The van der Waals surface area contributed by atoms with Gasteiger partial charge in [0, 0.05) is 6.92 Å². The molecule has 0 bridgehead atoms. The molecule has 0 fully saturated rings. The van der Waals surface area contributed by atoms with Crippen LogP contribution in [-0.2, 0) is 14.3 Å². The average Bonchev–Trinajstić information content (AvgIpc) is 1.85. The SMILES string of the molecule is CC(=O)OC/C(C)=C/C=O. The third-order valence-corrected chi connectivity index (χ3v) is 0.856. The summed E-state index contributed by atoms with van der Waals surface area (Å²) in [4.78, 5) is 20.1. The molecule has 0 amide bonds. The monoisotopic (exact) mass is 142 g/mol. The Morgan fingerprint density at radius 3 is 2.50 bits per heavy atom. The van der Waals surface area contributed by atoms with Gasteiger partial charge in [0.1, 0.15) is 12.9 Å². The Labute approximate surface area is 59.7 Å². The Hall–Kier alpha value is -1.12. The minimum atomic E-state index is -0.335. The van der Waals surface area contributed by atoms with Crippen molar-refractivity contribution in [1.82, 2.24) is 0 Å². The molecule has 0 spiro atoms. The molecule has 0 unspecified atom stereocenters. The van der Waals surface area contributed by atoms with Gasteiger partial charge in [-0.3, -0.25) is 9.59 Å². The molecule has 10 heavy (non-hydrogen) atoms. The molecular formula is C7H10O3. The van der Waals surface area contributed by atoms with Gasteiger partial charge in [-0.1, -0.05) is 0 Å². The summed E-state index contributed by atoms with van der Waals surface area (Å²) in [7, 11) is 0. The fraction of sp³-hybridized carbons (Fsp3) is 0.429. The third-order valence-electron chi connectivity index (χ3n) is 0.856. The fourth-order valence-corrected chi connectivity index (χ4v) is 0.380. The van der Waals surface area contributed by atoms with Gasteiger partial charge in [0.25, 0.3) is 0 Å². The molecule has 0 aliphatic heterocycles. The molecule has 0 radical (unpaired) electrons. The number of hydrogen-bond donors (Lipinski definition) is 0. The topological polar surface area (TPSA) is 43.4 Å². The van der Waals surface area contributed by atoms with E-state index in [9.17, 15) is 9.59 Å². The second-order valence-electron chi connectivity index (χ2n) is 1.93. The quantitative estimate of drug-likeness (QED) is 0.331. The second-order valence-corrected chi connectivity index (χ2v) is 1.93. The molecule has 0 heterocycles. The molecule has 0 aliphatic rings. The van der Waals surface area contributed by atoms with E-state index in [0.29, 0.717) is 6.29 Å². The smallest absolute Gasteiger partial charge is 0.302 e. The number of hydrogen-bond acceptors (Lipinski definition) is 3. The lowest BCUT2D eigenvalue weighted by atomic mass is 10.3. The molecule has 0 aromatic carbocycles. The van der Waals surface area contributed by atoms with E-state index in [1.807, 2.05) is 0 Å². The first-order chi connectivity index (χ1) is 4.66. The number of rotatable bonds is 3. The minimum absolute atomic E-state index is 0.202. The Kier molecular flexibility index (Phi) is 4.20. The van der Waals surface area contributed by atoms with Gasteiger partial charge in [0.2, 0.25) is 0 Å². The summed E-state index contributed by atoms with van der Waals surface area (Å²) in [6.45, 7) is 3.25. The van der Waals surface area contributed by atoms with E-state index in [0.717, 1.165) is 5.57 Å². The van der Waals surface area contributed by atoms with Gasteiger partial charge in [-0.05, 0) is 18.6 Å². The Morgan fingerprint density at radius 1 is 1.50 bits per heavy atom. The standard InChI is InChI=1S/C7H10O3/c1-6(3-4-8)5-10-7(2)9/h3-4H,5H2,1-2H3/b6-3+. The van der Waals surface area contributed by atoms with Crippen molar-refractivity contribution < 1.29 is 14.3 Å². The molecule has 0 saturated carbocycles. The highest BCUT2D eigenvalue weighted by Crippen LogP contribution is 1.91. The van der Waals surface area contributed by atoms with Gasteiger partial charge in [-0.25, -0.2) is 0 Å². The van der Waals surface area contributed by atoms with Crippen molar-refractivity contribution in [1.29, 1.82) is 0 Å². The van der Waals surface area contributed by atoms with Crippen molar-refractivity contribution in [2.24, 2.45) is 0 Å². The minimum Gasteiger partial charge on any atom is -0.461 e. The normalized spacial score (nSPS) is 10.8. The van der Waals surface area contributed by atoms with Crippen LogP contribution in [-0.4, -0.2) is 18.9 Å². The average molecular weight is 142 g/mol. The van der Waals surface area contributed by atoms with Crippen molar-refractivity contribution in [3.63, 3.8) is 0 Å². The van der Waals surface area contributed by atoms with Crippen molar-refractivity contribution in [3.8, 4) is 0 Å². The van der Waals surface area contributed by atoms with E-state index in [1.165, 1.54) is 13.0 Å². The highest BCUT2D eigenvalue weighted by molar-refractivity contribution is 5.67. The maximum absolute atomic E-state index is 10.2. The summed E-state index contributed by atoms with van der Waals surface area (Å²) in [5.41, 5.74) is 0.741. The Bertz CT molecular complexity index is 158. The number of allylic oxidation sites excluding steroid dienone is 1. The van der Waals surface area contributed by atoms with Gasteiger partial charge in [0.05, 0.1) is 0 Å². The van der Waals surface area contributed by atoms with Gasteiger partial charge in [-0.2, -0.15) is 0 Å². The zero-order valence-electron chi connectivity index (χ0n) is 6.09. The Morgan fingerprint density at radius 2 is 2.10 bits per heavy atom. The Balaban J connectivity index is 3.58. The summed E-state index contributed by atoms with van der Waals surface area (Å²) in [6, 6.07) is 0. The zero-order valence-corrected chi connectivity index (χ0v) is 6.09. The van der Waals surface area contributed by atoms with E-state index >= 15 is 0 Å². The number of carbonyl (C=O) groups excluding carboxylic acids is 2. The van der Waals surface area contributed by atoms with Crippen LogP contribution < -0.4 is 0 Å². The molecule has 3 nitrogen and oxygen atoms in total. The van der Waals surface area contributed by atoms with Crippen LogP contribution in [0.2, 0.25) is 0 Å². The van der Waals surface area contributed by atoms with Crippen LogP contribution in [0.15, 0.2) is 11.6 Å². The largest absolute Gasteiger partial charge is 0.461 e. The lowest BCUT2D eigenvalue weighted by Gasteiger charge is -1.98. The lowest BCUT2D eigenvalue weighted by molar-refractivity contribution is -0.140. The second kappa shape index (κ2) is 4.73. The van der Waals surface area contributed by atoms with Crippen LogP contribution in [0.25, 0.3) is 0 Å². The lowest BCUT2D eigenvalue weighted by Crippen LogP contribution is -2.01. The number of ether oxygens (including phenoxy) is 1. The van der Waals surface area contributed by atoms with Gasteiger partial charge >= 0.3 is 5.97 Å². The highest BCUT2D eigenvalue weighted by Gasteiger charge is 1.92. The summed E-state index contributed by atoms with van der Waals surface area (Å²) >= 11 is 0. The summed E-state index contributed by atoms with van der Waals surface area (Å²) < 4.78 is 4.59. The van der Waals surface area contributed by atoms with Gasteiger partial charge in [0.15, 0.2) is 0 Å². The van der Waals surface area contributed by atoms with Crippen molar-refractivity contribution in [3.05, 3.63) is 11.6 Å². The first-order valence-electron chi connectivity index (χ1n) is 2.91. The van der Waals surface area contributed by atoms with Crippen LogP contribution in [0.5, 0.6) is 0 Å². The number of aldehydes is 1. The zero-order chi connectivity index (χ0) is 7.98. The third kappa shape index (κ3) is 5.03. The molecule has 0 rings (SSSR count). The molecule has 0 aliphatic carbocycles. The number of carbonyl (C=O) groups is 2. The molecule has 0 N–H and O–H groups in total. The maximum Gasteiger partial charge on any atom is 0.302 e. The predicted molar refractivity (Wildman–Crippen MR) is 36.5 cm³/mol. The number of esters is 1. The molecule has 3 heteroatoms. The van der Waals surface area contributed by atoms with Crippen LogP contribution in [0, 0.1) is 0 Å². The van der Waals surface area contributed by atoms with Crippen LogP contribution in [0.1, 0.15) is 13.8 Å². The van der Waals surface area contributed by atoms with Gasteiger partial charge < -0.3 is 4.74 Å². The molecule has 0 atom stereocenters. The van der Waals surface area contributed by atoms with E-state index < -0.39 is 0 Å². The van der Waals surface area contributed by atoms with Crippen molar-refractivity contribution in [2.45, 2.75) is 13.8 Å². The molecule has 0 aromatic heterocycles. The molecular weight excluding hydrogens is 132 g/mol. The van der Waals surface area contributed by atoms with Crippen LogP contribution in [0.3, 0.4) is 0 Å². The van der Waals surface area contributed by atoms with E-state index in [1.54, 1.807) is 6.92 Å². The molecule has 0 aromatic rings. The van der Waals surface area contributed by atoms with E-state index in [4.69, 9.17) is 0 Å². The summed E-state index contributed by atoms with van der Waals surface area (Å²) in [5, 5.41) is 0. The highest BCUT2D eigenvalue weighted by atomic mass is 16.5. The summed E-state index contributed by atoms with van der Waals surface area (Å²) in [5.74, 6) is -0.335. The van der Waals surface area contributed by atoms with E-state index in [2.05, 4.69) is 4.74 Å². The molecule has 0 saturated heterocycles. The maximum atomic E-state index is 10.2. The first kappa shape index (κ1) is 8.88.